The van der Waals surface area contributed by atoms with Crippen LogP contribution >= 0.6 is 0 Å². The standard InChI is InChI=1S/C28H32O2/c1-3-19(2)22-14-17-27(29-25-15-12-20-8-4-6-10-23(20)25)28(18-22)30-26-16-13-21-9-5-7-11-24(21)26/h4,6-8,10-11,14,17-19,25-26H,3,5,9,12-13,15-16H2,1-2H3. The van der Waals surface area contributed by atoms with E-state index in [0.717, 1.165) is 37.2 Å². The summed E-state index contributed by atoms with van der Waals surface area (Å²) in [7, 11) is 0. The van der Waals surface area contributed by atoms with Crippen LogP contribution in [0.3, 0.4) is 0 Å². The van der Waals surface area contributed by atoms with Crippen LogP contribution in [0.25, 0.3) is 0 Å². The summed E-state index contributed by atoms with van der Waals surface area (Å²) in [5, 5.41) is 0. The van der Waals surface area contributed by atoms with Crippen LogP contribution in [-0.4, -0.2) is 6.10 Å². The highest BCUT2D eigenvalue weighted by atomic mass is 16.5. The fourth-order valence-electron chi connectivity index (χ4n) is 5.12. The Morgan fingerprint density at radius 3 is 2.67 bits per heavy atom. The lowest BCUT2D eigenvalue weighted by molar-refractivity contribution is 0.179. The molecule has 0 fully saturated rings. The monoisotopic (exact) mass is 400 g/mol. The molecule has 0 aromatic heterocycles. The van der Waals surface area contributed by atoms with Gasteiger partial charge in [0.15, 0.2) is 11.5 Å². The van der Waals surface area contributed by atoms with Crippen molar-refractivity contribution in [3.8, 4) is 11.5 Å². The smallest absolute Gasteiger partial charge is 0.162 e. The molecule has 30 heavy (non-hydrogen) atoms. The van der Waals surface area contributed by atoms with Gasteiger partial charge in [0.05, 0.1) is 0 Å². The molecule has 2 nitrogen and oxygen atoms in total. The van der Waals surface area contributed by atoms with Gasteiger partial charge in [-0.1, -0.05) is 61.9 Å². The highest BCUT2D eigenvalue weighted by molar-refractivity contribution is 5.47. The van der Waals surface area contributed by atoms with Crippen molar-refractivity contribution in [1.82, 2.24) is 0 Å². The van der Waals surface area contributed by atoms with Crippen molar-refractivity contribution in [2.24, 2.45) is 0 Å². The van der Waals surface area contributed by atoms with E-state index in [0.29, 0.717) is 5.92 Å². The zero-order chi connectivity index (χ0) is 20.5. The van der Waals surface area contributed by atoms with Crippen molar-refractivity contribution < 1.29 is 9.47 Å². The van der Waals surface area contributed by atoms with Crippen LogP contribution in [0.15, 0.2) is 65.8 Å². The Balaban J connectivity index is 1.44. The summed E-state index contributed by atoms with van der Waals surface area (Å²) in [5.41, 5.74) is 7.08. The van der Waals surface area contributed by atoms with E-state index in [1.54, 1.807) is 5.57 Å². The molecule has 0 bridgehead atoms. The van der Waals surface area contributed by atoms with Crippen LogP contribution in [0.1, 0.15) is 81.1 Å². The molecule has 2 aromatic carbocycles. The maximum atomic E-state index is 6.68. The van der Waals surface area contributed by atoms with Gasteiger partial charge < -0.3 is 9.47 Å². The molecule has 0 aliphatic heterocycles. The Kier molecular flexibility index (Phi) is 5.41. The predicted molar refractivity (Wildman–Crippen MR) is 122 cm³/mol. The van der Waals surface area contributed by atoms with Gasteiger partial charge in [0.2, 0.25) is 0 Å². The quantitative estimate of drug-likeness (QED) is 0.501. The molecule has 3 aliphatic rings. The Morgan fingerprint density at radius 1 is 0.933 bits per heavy atom. The molecule has 0 N–H and O–H groups in total. The van der Waals surface area contributed by atoms with E-state index < -0.39 is 0 Å². The van der Waals surface area contributed by atoms with Gasteiger partial charge in [0, 0.05) is 0 Å². The maximum absolute atomic E-state index is 6.68. The fourth-order valence-corrected chi connectivity index (χ4v) is 5.12. The van der Waals surface area contributed by atoms with Gasteiger partial charge in [0.1, 0.15) is 12.2 Å². The molecule has 3 aliphatic carbocycles. The Morgan fingerprint density at radius 2 is 1.77 bits per heavy atom. The van der Waals surface area contributed by atoms with E-state index in [1.165, 1.54) is 41.5 Å². The normalized spacial score (nSPS) is 23.3. The topological polar surface area (TPSA) is 18.5 Å². The van der Waals surface area contributed by atoms with Gasteiger partial charge in [-0.15, -0.1) is 0 Å². The van der Waals surface area contributed by atoms with E-state index in [9.17, 15) is 0 Å². The predicted octanol–water partition coefficient (Wildman–Crippen LogP) is 7.45. The van der Waals surface area contributed by atoms with Gasteiger partial charge in [-0.25, -0.2) is 0 Å². The molecule has 3 atom stereocenters. The van der Waals surface area contributed by atoms with E-state index in [-0.39, 0.29) is 12.2 Å². The van der Waals surface area contributed by atoms with Crippen molar-refractivity contribution >= 4 is 0 Å². The van der Waals surface area contributed by atoms with Crippen LogP contribution in [0.2, 0.25) is 0 Å². The third-order valence-corrected chi connectivity index (χ3v) is 7.14. The molecule has 0 saturated heterocycles. The molecule has 0 spiro atoms. The molecule has 0 saturated carbocycles. The molecule has 0 amide bonds. The van der Waals surface area contributed by atoms with E-state index in [1.807, 2.05) is 0 Å². The zero-order valence-electron chi connectivity index (χ0n) is 18.2. The lowest BCUT2D eigenvalue weighted by atomic mass is 9.98. The van der Waals surface area contributed by atoms with Crippen molar-refractivity contribution in [1.29, 1.82) is 0 Å². The molecule has 0 radical (unpaired) electrons. The zero-order valence-corrected chi connectivity index (χ0v) is 18.2. The third kappa shape index (κ3) is 3.69. The minimum absolute atomic E-state index is 0.117. The van der Waals surface area contributed by atoms with Crippen LogP contribution in [-0.2, 0) is 6.42 Å². The SMILES string of the molecule is CCC(C)c1ccc(OC2CCc3ccccc32)c(OC2CCC3=C2C=CCC3)c1. The molecular weight excluding hydrogens is 368 g/mol. The third-order valence-electron chi connectivity index (χ3n) is 7.14. The number of fused-ring (bicyclic) bond motifs is 1. The van der Waals surface area contributed by atoms with Gasteiger partial charge >= 0.3 is 0 Å². The summed E-state index contributed by atoms with van der Waals surface area (Å²) in [6.45, 7) is 4.53. The van der Waals surface area contributed by atoms with Gasteiger partial charge in [-0.05, 0) is 85.3 Å². The maximum Gasteiger partial charge on any atom is 0.162 e. The first-order chi connectivity index (χ1) is 14.7. The molecule has 2 heteroatoms. The summed E-state index contributed by atoms with van der Waals surface area (Å²) in [4.78, 5) is 0. The van der Waals surface area contributed by atoms with Crippen LogP contribution in [0.5, 0.6) is 11.5 Å². The Hall–Kier alpha value is -2.48. The first-order valence-corrected chi connectivity index (χ1v) is 11.7. The summed E-state index contributed by atoms with van der Waals surface area (Å²) < 4.78 is 13.3. The largest absolute Gasteiger partial charge is 0.482 e. The average Bonchev–Trinajstić information content (AvgIpc) is 3.39. The average molecular weight is 401 g/mol. The molecule has 156 valence electrons. The number of rotatable bonds is 6. The molecule has 0 heterocycles. The van der Waals surface area contributed by atoms with Crippen LogP contribution in [0, 0.1) is 0 Å². The molecular formula is C28H32O2. The number of hydrogen-bond acceptors (Lipinski definition) is 2. The van der Waals surface area contributed by atoms with Crippen molar-refractivity contribution in [3.63, 3.8) is 0 Å². The number of ether oxygens (including phenoxy) is 2. The highest BCUT2D eigenvalue weighted by Crippen LogP contribution is 2.42. The summed E-state index contributed by atoms with van der Waals surface area (Å²) in [5.74, 6) is 2.31. The second kappa shape index (κ2) is 8.34. The van der Waals surface area contributed by atoms with Crippen molar-refractivity contribution in [3.05, 3.63) is 82.5 Å². The van der Waals surface area contributed by atoms with Gasteiger partial charge in [-0.2, -0.15) is 0 Å². The number of allylic oxidation sites excluding steroid dienone is 2. The minimum Gasteiger partial charge on any atom is -0.482 e. The van der Waals surface area contributed by atoms with E-state index in [2.05, 4.69) is 68.5 Å². The van der Waals surface area contributed by atoms with Crippen molar-refractivity contribution in [2.45, 2.75) is 76.9 Å². The second-order valence-corrected chi connectivity index (χ2v) is 9.00. The summed E-state index contributed by atoms with van der Waals surface area (Å²) >= 11 is 0. The molecule has 2 aromatic rings. The first kappa shape index (κ1) is 19.5. The fraction of sp³-hybridized carbons (Fsp3) is 0.429. The lowest BCUT2D eigenvalue weighted by Gasteiger charge is -2.23. The number of aryl methyl sites for hydroxylation is 1. The Labute approximate surface area is 180 Å². The first-order valence-electron chi connectivity index (χ1n) is 11.7. The van der Waals surface area contributed by atoms with Crippen LogP contribution < -0.4 is 9.47 Å². The second-order valence-electron chi connectivity index (χ2n) is 9.00. The van der Waals surface area contributed by atoms with Gasteiger partial charge in [0.25, 0.3) is 0 Å². The minimum atomic E-state index is 0.117. The highest BCUT2D eigenvalue weighted by Gasteiger charge is 2.29. The Bertz CT molecular complexity index is 984. The van der Waals surface area contributed by atoms with Crippen LogP contribution in [0.4, 0.5) is 0 Å². The van der Waals surface area contributed by atoms with Crippen molar-refractivity contribution in [2.75, 3.05) is 0 Å². The molecule has 5 rings (SSSR count). The van der Waals surface area contributed by atoms with E-state index >= 15 is 0 Å². The van der Waals surface area contributed by atoms with Gasteiger partial charge in [-0.3, -0.25) is 0 Å². The number of benzene rings is 2. The summed E-state index contributed by atoms with van der Waals surface area (Å²) in [6, 6.07) is 15.3. The number of hydrogen-bond donors (Lipinski definition) is 0. The molecule has 3 unspecified atom stereocenters. The summed E-state index contributed by atoms with van der Waals surface area (Å²) in [6.07, 6.45) is 12.7. The van der Waals surface area contributed by atoms with E-state index in [4.69, 9.17) is 9.47 Å². The lowest BCUT2D eigenvalue weighted by Crippen LogP contribution is -2.16.